The zero-order valence-corrected chi connectivity index (χ0v) is 13.1. The fraction of sp³-hybridized carbons (Fsp3) is 0.312. The van der Waals surface area contributed by atoms with E-state index in [4.69, 9.17) is 0 Å². The van der Waals surface area contributed by atoms with Gasteiger partial charge < -0.3 is 4.90 Å². The molecule has 0 spiro atoms. The lowest BCUT2D eigenvalue weighted by molar-refractivity contribution is 0.0721. The molecule has 0 saturated carbocycles. The molecule has 1 aliphatic heterocycles. The molecule has 4 rings (SSSR count). The van der Waals surface area contributed by atoms with Gasteiger partial charge in [-0.2, -0.15) is 0 Å². The first-order valence-electron chi connectivity index (χ1n) is 7.91. The minimum absolute atomic E-state index is 0.0629. The Morgan fingerprint density at radius 1 is 1.12 bits per heavy atom. The second-order valence-corrected chi connectivity index (χ2v) is 5.84. The van der Waals surface area contributed by atoms with Gasteiger partial charge in [0.05, 0.1) is 18.8 Å². The molecule has 0 N–H and O–H groups in total. The quantitative estimate of drug-likeness (QED) is 0.720. The van der Waals surface area contributed by atoms with Crippen LogP contribution in [0.5, 0.6) is 0 Å². The Balaban J connectivity index is 1.50. The van der Waals surface area contributed by atoms with Crippen molar-refractivity contribution in [1.29, 1.82) is 0 Å². The number of hydrogen-bond donors (Lipinski definition) is 0. The third kappa shape index (κ3) is 2.78. The molecule has 1 fully saturated rings. The fourth-order valence-electron chi connectivity index (χ4n) is 3.11. The Morgan fingerprint density at radius 3 is 2.62 bits per heavy atom. The van der Waals surface area contributed by atoms with E-state index in [1.165, 1.54) is 0 Å². The summed E-state index contributed by atoms with van der Waals surface area (Å²) >= 11 is 0. The second-order valence-electron chi connectivity index (χ2n) is 5.84. The van der Waals surface area contributed by atoms with Crippen molar-refractivity contribution in [1.82, 2.24) is 34.7 Å². The van der Waals surface area contributed by atoms with Crippen molar-refractivity contribution >= 4 is 5.91 Å². The molecule has 2 aromatic heterocycles. The number of likely N-dealkylation sites (tertiary alicyclic amines) is 1. The summed E-state index contributed by atoms with van der Waals surface area (Å²) in [7, 11) is 0. The molecule has 1 amide bonds. The molecule has 0 unspecified atom stereocenters. The Kier molecular flexibility index (Phi) is 3.78. The minimum Gasteiger partial charge on any atom is -0.334 e. The van der Waals surface area contributed by atoms with Crippen molar-refractivity contribution in [2.24, 2.45) is 0 Å². The molecule has 0 radical (unpaired) electrons. The highest BCUT2D eigenvalue weighted by atomic mass is 16.2. The first-order valence-corrected chi connectivity index (χ1v) is 7.91. The highest BCUT2D eigenvalue weighted by Crippen LogP contribution is 2.22. The third-order valence-electron chi connectivity index (χ3n) is 4.34. The van der Waals surface area contributed by atoms with Crippen LogP contribution in [-0.4, -0.2) is 53.2 Å². The van der Waals surface area contributed by atoms with Gasteiger partial charge in [0.15, 0.2) is 0 Å². The average Bonchev–Trinajstić information content (AvgIpc) is 3.37. The fourth-order valence-corrected chi connectivity index (χ4v) is 3.11. The number of amides is 1. The van der Waals surface area contributed by atoms with E-state index in [9.17, 15) is 4.79 Å². The summed E-state index contributed by atoms with van der Waals surface area (Å²) in [5.41, 5.74) is 1.62. The van der Waals surface area contributed by atoms with E-state index in [0.29, 0.717) is 12.1 Å². The normalized spacial score (nSPS) is 17.3. The highest BCUT2D eigenvalue weighted by Gasteiger charge is 2.29. The maximum Gasteiger partial charge on any atom is 0.254 e. The molecule has 0 bridgehead atoms. The van der Waals surface area contributed by atoms with Crippen LogP contribution in [0.3, 0.4) is 0 Å². The number of hydrogen-bond acceptors (Lipinski definition) is 5. The topological polar surface area (TPSA) is 81.7 Å². The Labute approximate surface area is 138 Å². The smallest absolute Gasteiger partial charge is 0.254 e. The molecule has 1 atom stereocenters. The van der Waals surface area contributed by atoms with Gasteiger partial charge in [-0.25, -0.2) is 0 Å². The average molecular weight is 323 g/mol. The lowest BCUT2D eigenvalue weighted by atomic mass is 10.1. The second kappa shape index (κ2) is 6.23. The highest BCUT2D eigenvalue weighted by molar-refractivity contribution is 5.94. The van der Waals surface area contributed by atoms with Crippen LogP contribution < -0.4 is 0 Å². The lowest BCUT2D eigenvalue weighted by Crippen LogP contribution is -2.38. The van der Waals surface area contributed by atoms with E-state index in [0.717, 1.165) is 25.1 Å². The van der Waals surface area contributed by atoms with Crippen molar-refractivity contribution in [2.75, 3.05) is 6.54 Å². The molecule has 8 heteroatoms. The number of nitrogens with zero attached hydrogens (tertiary/aromatic N) is 7. The maximum atomic E-state index is 12.8. The first-order chi connectivity index (χ1) is 11.8. The SMILES string of the molecule is O=C(c1ccc(-n2cnnc2)cc1)N1CCC[C@H]1Cn1ccnn1. The lowest BCUT2D eigenvalue weighted by Gasteiger charge is -2.24. The van der Waals surface area contributed by atoms with Crippen LogP contribution in [0.25, 0.3) is 5.69 Å². The van der Waals surface area contributed by atoms with E-state index in [1.54, 1.807) is 28.1 Å². The molecular formula is C16H17N7O. The van der Waals surface area contributed by atoms with Gasteiger partial charge in [-0.15, -0.1) is 15.3 Å². The summed E-state index contributed by atoms with van der Waals surface area (Å²) in [6.45, 7) is 1.47. The predicted molar refractivity (Wildman–Crippen MR) is 85.4 cm³/mol. The van der Waals surface area contributed by atoms with Crippen molar-refractivity contribution in [3.8, 4) is 5.69 Å². The summed E-state index contributed by atoms with van der Waals surface area (Å²) in [4.78, 5) is 14.8. The number of carbonyl (C=O) groups is 1. The van der Waals surface area contributed by atoms with Gasteiger partial charge in [-0.1, -0.05) is 5.21 Å². The van der Waals surface area contributed by atoms with Crippen molar-refractivity contribution in [3.05, 3.63) is 54.9 Å². The maximum absolute atomic E-state index is 12.8. The molecule has 122 valence electrons. The molecule has 3 aromatic rings. The molecule has 0 aliphatic carbocycles. The van der Waals surface area contributed by atoms with Gasteiger partial charge in [0.2, 0.25) is 0 Å². The minimum atomic E-state index is 0.0629. The van der Waals surface area contributed by atoms with Crippen LogP contribution in [0.4, 0.5) is 0 Å². The molecule has 1 aliphatic rings. The van der Waals surface area contributed by atoms with Crippen LogP contribution in [0.15, 0.2) is 49.3 Å². The zero-order chi connectivity index (χ0) is 16.4. The first kappa shape index (κ1) is 14.6. The number of carbonyl (C=O) groups excluding carboxylic acids is 1. The zero-order valence-electron chi connectivity index (χ0n) is 13.1. The van der Waals surface area contributed by atoms with Gasteiger partial charge in [0.25, 0.3) is 5.91 Å². The van der Waals surface area contributed by atoms with E-state index >= 15 is 0 Å². The van der Waals surface area contributed by atoms with Gasteiger partial charge in [-0.05, 0) is 37.1 Å². The van der Waals surface area contributed by atoms with Crippen LogP contribution in [0.2, 0.25) is 0 Å². The molecule has 3 heterocycles. The van der Waals surface area contributed by atoms with Crippen LogP contribution >= 0.6 is 0 Å². The van der Waals surface area contributed by atoms with Crippen LogP contribution in [0.1, 0.15) is 23.2 Å². The summed E-state index contributed by atoms with van der Waals surface area (Å²) in [6, 6.07) is 7.67. The van der Waals surface area contributed by atoms with E-state index in [1.807, 2.05) is 35.4 Å². The monoisotopic (exact) mass is 323 g/mol. The van der Waals surface area contributed by atoms with E-state index in [-0.39, 0.29) is 11.9 Å². The van der Waals surface area contributed by atoms with Gasteiger partial charge in [-0.3, -0.25) is 14.0 Å². The molecule has 24 heavy (non-hydrogen) atoms. The Bertz CT molecular complexity index is 796. The predicted octanol–water partition coefficient (Wildman–Crippen LogP) is 1.16. The van der Waals surface area contributed by atoms with E-state index < -0.39 is 0 Å². The largest absolute Gasteiger partial charge is 0.334 e. The molecule has 8 nitrogen and oxygen atoms in total. The third-order valence-corrected chi connectivity index (χ3v) is 4.34. The molecule has 1 aromatic carbocycles. The molecule has 1 saturated heterocycles. The van der Waals surface area contributed by atoms with Crippen molar-refractivity contribution < 1.29 is 4.79 Å². The number of benzene rings is 1. The van der Waals surface area contributed by atoms with Gasteiger partial charge >= 0.3 is 0 Å². The van der Waals surface area contributed by atoms with Crippen LogP contribution in [0, 0.1) is 0 Å². The van der Waals surface area contributed by atoms with Gasteiger partial charge in [0, 0.05) is 24.0 Å². The summed E-state index contributed by atoms with van der Waals surface area (Å²) in [5, 5.41) is 15.4. The Morgan fingerprint density at radius 2 is 1.92 bits per heavy atom. The Hall–Kier alpha value is -3.03. The number of aromatic nitrogens is 6. The molecular weight excluding hydrogens is 306 g/mol. The van der Waals surface area contributed by atoms with E-state index in [2.05, 4.69) is 20.5 Å². The summed E-state index contributed by atoms with van der Waals surface area (Å²) in [5.74, 6) is 0.0629. The van der Waals surface area contributed by atoms with Crippen molar-refractivity contribution in [2.45, 2.75) is 25.4 Å². The van der Waals surface area contributed by atoms with Crippen molar-refractivity contribution in [3.63, 3.8) is 0 Å². The van der Waals surface area contributed by atoms with Crippen LogP contribution in [-0.2, 0) is 6.54 Å². The standard InChI is InChI=1S/C16H17N7O/c24-16(13-3-5-14(6-4-13)21-11-18-19-12-21)23-8-1-2-15(23)10-22-9-7-17-20-22/h3-7,9,11-12,15H,1-2,8,10H2/t15-/m0/s1. The number of rotatable bonds is 4. The summed E-state index contributed by atoms with van der Waals surface area (Å²) < 4.78 is 3.59. The van der Waals surface area contributed by atoms with Gasteiger partial charge in [0.1, 0.15) is 12.7 Å². The summed E-state index contributed by atoms with van der Waals surface area (Å²) in [6.07, 6.45) is 8.75.